The van der Waals surface area contributed by atoms with Crippen LogP contribution in [0.4, 0.5) is 5.69 Å². The number of hydrazone groups is 1. The molecule has 0 aliphatic rings. The molecule has 1 N–H and O–H groups in total. The molecule has 0 amide bonds. The fraction of sp³-hybridized carbons (Fsp3) is 0.158. The topological polar surface area (TPSA) is 87.8 Å². The molecule has 0 radical (unpaired) electrons. The highest BCUT2D eigenvalue weighted by molar-refractivity contribution is 7.88. The third kappa shape index (κ3) is 5.02. The van der Waals surface area contributed by atoms with Gasteiger partial charge in [-0.05, 0) is 35.4 Å². The van der Waals surface area contributed by atoms with E-state index in [0.717, 1.165) is 22.4 Å². The van der Waals surface area contributed by atoms with Crippen LogP contribution in [0, 0.1) is 0 Å². The maximum absolute atomic E-state index is 11.9. The van der Waals surface area contributed by atoms with Crippen LogP contribution in [0.2, 0.25) is 0 Å². The summed E-state index contributed by atoms with van der Waals surface area (Å²) in [6, 6.07) is 14.9. The number of aromatic nitrogens is 1. The minimum atomic E-state index is -3.26. The molecule has 27 heavy (non-hydrogen) atoms. The smallest absolute Gasteiger partial charge is 0.217 e. The molecule has 3 rings (SSSR count). The first kappa shape index (κ1) is 18.8. The van der Waals surface area contributed by atoms with Gasteiger partial charge in [-0.1, -0.05) is 24.3 Å². The summed E-state index contributed by atoms with van der Waals surface area (Å²) in [5.41, 5.74) is 6.33. The summed E-state index contributed by atoms with van der Waals surface area (Å²) < 4.78 is 30.3. The van der Waals surface area contributed by atoms with Crippen molar-refractivity contribution >= 4 is 21.9 Å². The van der Waals surface area contributed by atoms with Gasteiger partial charge in [0, 0.05) is 19.7 Å². The molecule has 140 valence electrons. The molecule has 2 aromatic carbocycles. The van der Waals surface area contributed by atoms with E-state index in [4.69, 9.17) is 4.42 Å². The van der Waals surface area contributed by atoms with Gasteiger partial charge in [0.1, 0.15) is 0 Å². The lowest BCUT2D eigenvalue weighted by Crippen LogP contribution is -2.23. The Balaban J connectivity index is 1.58. The first-order valence-corrected chi connectivity index (χ1v) is 9.82. The average molecular weight is 384 g/mol. The lowest BCUT2D eigenvalue weighted by Gasteiger charge is -2.11. The SMILES string of the molecule is CN(C)S(=O)(=O)Cc1ccc(C=NNc2ccc(-c3cnco3)cc2)cc1. The summed E-state index contributed by atoms with van der Waals surface area (Å²) in [4.78, 5) is 3.90. The number of benzene rings is 2. The standard InChI is InChI=1S/C19H20N4O3S/c1-23(2)27(24,25)13-16-5-3-15(4-6-16)11-21-22-18-9-7-17(8-10-18)19-12-20-14-26-19/h3-12,14,22H,13H2,1-2H3. The van der Waals surface area contributed by atoms with Crippen molar-refractivity contribution in [3.05, 3.63) is 72.2 Å². The van der Waals surface area contributed by atoms with Crippen LogP contribution >= 0.6 is 0 Å². The molecule has 7 nitrogen and oxygen atoms in total. The monoisotopic (exact) mass is 384 g/mol. The fourth-order valence-electron chi connectivity index (χ4n) is 2.29. The molecule has 0 aliphatic carbocycles. The third-order valence-corrected chi connectivity index (χ3v) is 5.70. The average Bonchev–Trinajstić information content (AvgIpc) is 3.18. The van der Waals surface area contributed by atoms with Crippen LogP contribution in [-0.2, 0) is 15.8 Å². The molecule has 0 atom stereocenters. The van der Waals surface area contributed by atoms with Crippen molar-refractivity contribution < 1.29 is 12.8 Å². The maximum Gasteiger partial charge on any atom is 0.217 e. The highest BCUT2D eigenvalue weighted by Crippen LogP contribution is 2.20. The van der Waals surface area contributed by atoms with Crippen LogP contribution < -0.4 is 5.43 Å². The highest BCUT2D eigenvalue weighted by Gasteiger charge is 2.14. The largest absolute Gasteiger partial charge is 0.444 e. The van der Waals surface area contributed by atoms with Crippen molar-refractivity contribution in [2.75, 3.05) is 19.5 Å². The van der Waals surface area contributed by atoms with Crippen molar-refractivity contribution in [1.29, 1.82) is 0 Å². The lowest BCUT2D eigenvalue weighted by molar-refractivity contribution is 0.519. The summed E-state index contributed by atoms with van der Waals surface area (Å²) in [7, 11) is -0.205. The van der Waals surface area contributed by atoms with E-state index in [-0.39, 0.29) is 5.75 Å². The van der Waals surface area contributed by atoms with E-state index in [0.29, 0.717) is 5.76 Å². The van der Waals surface area contributed by atoms with Gasteiger partial charge < -0.3 is 4.42 Å². The number of nitrogens with one attached hydrogen (secondary N) is 1. The number of nitrogens with zero attached hydrogens (tertiary/aromatic N) is 3. The summed E-state index contributed by atoms with van der Waals surface area (Å²) in [5.74, 6) is 0.689. The molecule has 1 aromatic heterocycles. The number of oxazole rings is 1. The molecule has 3 aromatic rings. The zero-order chi connectivity index (χ0) is 19.3. The second-order valence-electron chi connectivity index (χ2n) is 6.09. The molecule has 0 unspecified atom stereocenters. The van der Waals surface area contributed by atoms with Gasteiger partial charge in [-0.2, -0.15) is 5.10 Å². The molecule has 0 saturated heterocycles. The number of rotatable bonds is 7. The molecule has 1 heterocycles. The molecule has 0 bridgehead atoms. The van der Waals surface area contributed by atoms with Gasteiger partial charge in [0.15, 0.2) is 12.2 Å². The van der Waals surface area contributed by atoms with Crippen LogP contribution in [0.25, 0.3) is 11.3 Å². The van der Waals surface area contributed by atoms with Gasteiger partial charge in [-0.3, -0.25) is 5.43 Å². The van der Waals surface area contributed by atoms with E-state index in [2.05, 4.69) is 15.5 Å². The van der Waals surface area contributed by atoms with E-state index >= 15 is 0 Å². The molecule has 8 heteroatoms. The Morgan fingerprint density at radius 2 is 1.81 bits per heavy atom. The van der Waals surface area contributed by atoms with Crippen molar-refractivity contribution in [3.63, 3.8) is 0 Å². The van der Waals surface area contributed by atoms with Gasteiger partial charge in [0.25, 0.3) is 0 Å². The zero-order valence-electron chi connectivity index (χ0n) is 15.0. The van der Waals surface area contributed by atoms with E-state index in [9.17, 15) is 8.42 Å². The summed E-state index contributed by atoms with van der Waals surface area (Å²) in [6.45, 7) is 0. The predicted molar refractivity (Wildman–Crippen MR) is 106 cm³/mol. The first-order valence-electron chi connectivity index (χ1n) is 8.21. The summed E-state index contributed by atoms with van der Waals surface area (Å²) in [6.07, 6.45) is 4.73. The van der Waals surface area contributed by atoms with Crippen LogP contribution in [0.5, 0.6) is 0 Å². The van der Waals surface area contributed by atoms with E-state index < -0.39 is 10.0 Å². The summed E-state index contributed by atoms with van der Waals surface area (Å²) >= 11 is 0. The minimum Gasteiger partial charge on any atom is -0.444 e. The number of anilines is 1. The van der Waals surface area contributed by atoms with E-state index in [1.54, 1.807) is 24.5 Å². The van der Waals surface area contributed by atoms with Crippen molar-refractivity contribution in [2.24, 2.45) is 5.10 Å². The van der Waals surface area contributed by atoms with Gasteiger partial charge >= 0.3 is 0 Å². The number of hydrogen-bond donors (Lipinski definition) is 1. The highest BCUT2D eigenvalue weighted by atomic mass is 32.2. The second kappa shape index (κ2) is 8.15. The Bertz CT molecular complexity index is 994. The van der Waals surface area contributed by atoms with E-state index in [1.807, 2.05) is 36.4 Å². The van der Waals surface area contributed by atoms with Gasteiger partial charge in [-0.15, -0.1) is 0 Å². The Hall–Kier alpha value is -2.97. The Kier molecular flexibility index (Phi) is 5.68. The van der Waals surface area contributed by atoms with Crippen LogP contribution in [0.3, 0.4) is 0 Å². The van der Waals surface area contributed by atoms with Gasteiger partial charge in [0.05, 0.1) is 23.9 Å². The second-order valence-corrected chi connectivity index (χ2v) is 8.28. The van der Waals surface area contributed by atoms with Crippen molar-refractivity contribution in [3.8, 4) is 11.3 Å². The van der Waals surface area contributed by atoms with E-state index in [1.165, 1.54) is 24.8 Å². The first-order chi connectivity index (χ1) is 12.9. The normalized spacial score (nSPS) is 12.0. The van der Waals surface area contributed by atoms with Crippen molar-refractivity contribution in [1.82, 2.24) is 9.29 Å². The Morgan fingerprint density at radius 1 is 1.11 bits per heavy atom. The Morgan fingerprint density at radius 3 is 2.41 bits per heavy atom. The lowest BCUT2D eigenvalue weighted by atomic mass is 10.2. The van der Waals surface area contributed by atoms with Crippen LogP contribution in [0.15, 0.2) is 70.6 Å². The maximum atomic E-state index is 11.9. The molecular weight excluding hydrogens is 364 g/mol. The fourth-order valence-corrected chi connectivity index (χ4v) is 3.16. The Labute approximate surface area is 158 Å². The molecule has 0 fully saturated rings. The van der Waals surface area contributed by atoms with Gasteiger partial charge in [0.2, 0.25) is 10.0 Å². The van der Waals surface area contributed by atoms with Crippen molar-refractivity contribution in [2.45, 2.75) is 5.75 Å². The quantitative estimate of drug-likeness (QED) is 0.499. The zero-order valence-corrected chi connectivity index (χ0v) is 15.8. The summed E-state index contributed by atoms with van der Waals surface area (Å²) in [5, 5.41) is 4.20. The molecule has 0 saturated carbocycles. The molecule has 0 spiro atoms. The molecular formula is C19H20N4O3S. The predicted octanol–water partition coefficient (Wildman–Crippen LogP) is 3.18. The molecule has 0 aliphatic heterocycles. The van der Waals surface area contributed by atoms with Crippen LogP contribution in [0.1, 0.15) is 11.1 Å². The van der Waals surface area contributed by atoms with Gasteiger partial charge in [-0.25, -0.2) is 17.7 Å². The third-order valence-electron chi connectivity index (χ3n) is 3.89. The number of sulfonamides is 1. The minimum absolute atomic E-state index is 0.0206. The van der Waals surface area contributed by atoms with Crippen LogP contribution in [-0.4, -0.2) is 38.0 Å². The number of hydrogen-bond acceptors (Lipinski definition) is 6.